The zero-order valence-electron chi connectivity index (χ0n) is 12.3. The second kappa shape index (κ2) is 8.14. The van der Waals surface area contributed by atoms with Gasteiger partial charge >= 0.3 is 0 Å². The van der Waals surface area contributed by atoms with Gasteiger partial charge in [0.15, 0.2) is 0 Å². The number of nitrogens with one attached hydrogen (secondary N) is 1. The topological polar surface area (TPSA) is 12.0 Å². The fraction of sp³-hybridized carbons (Fsp3) is 0.647. The standard InChI is InChI=1S/C17H25BrFN/c1-20-15(9-7-13-5-3-2-4-6-13)11-14-8-10-17(19)16(18)12-14/h8,10,12-13,15,20H,2-7,9,11H2,1H3. The van der Waals surface area contributed by atoms with Gasteiger partial charge in [-0.15, -0.1) is 0 Å². The molecule has 1 aliphatic carbocycles. The van der Waals surface area contributed by atoms with E-state index < -0.39 is 0 Å². The summed E-state index contributed by atoms with van der Waals surface area (Å²) in [5, 5.41) is 3.42. The quantitative estimate of drug-likeness (QED) is 0.760. The molecule has 0 heterocycles. The summed E-state index contributed by atoms with van der Waals surface area (Å²) in [6, 6.07) is 5.84. The molecule has 0 saturated heterocycles. The molecule has 1 fully saturated rings. The van der Waals surface area contributed by atoms with E-state index in [2.05, 4.69) is 21.2 Å². The molecule has 1 aromatic rings. The number of hydrogen-bond donors (Lipinski definition) is 1. The maximum absolute atomic E-state index is 13.2. The van der Waals surface area contributed by atoms with Crippen molar-refractivity contribution in [3.63, 3.8) is 0 Å². The Morgan fingerprint density at radius 3 is 2.70 bits per heavy atom. The van der Waals surface area contributed by atoms with Gasteiger partial charge in [-0.2, -0.15) is 0 Å². The third-order valence-electron chi connectivity index (χ3n) is 4.52. The predicted octanol–water partition coefficient (Wildman–Crippen LogP) is 5.08. The van der Waals surface area contributed by atoms with Crippen molar-refractivity contribution in [2.75, 3.05) is 7.05 Å². The van der Waals surface area contributed by atoms with Crippen LogP contribution in [0.2, 0.25) is 0 Å². The van der Waals surface area contributed by atoms with Crippen molar-refractivity contribution >= 4 is 15.9 Å². The summed E-state index contributed by atoms with van der Waals surface area (Å²) in [4.78, 5) is 0. The summed E-state index contributed by atoms with van der Waals surface area (Å²) < 4.78 is 13.8. The first kappa shape index (κ1) is 16.0. The molecule has 0 amide bonds. The number of halogens is 2. The van der Waals surface area contributed by atoms with Crippen LogP contribution in [-0.4, -0.2) is 13.1 Å². The maximum atomic E-state index is 13.2. The van der Waals surface area contributed by atoms with Gasteiger partial charge in [0.1, 0.15) is 5.82 Å². The SMILES string of the molecule is CNC(CCC1CCCCC1)Cc1ccc(F)c(Br)c1. The van der Waals surface area contributed by atoms with Gasteiger partial charge in [-0.1, -0.05) is 38.2 Å². The van der Waals surface area contributed by atoms with Gasteiger partial charge in [0, 0.05) is 6.04 Å². The van der Waals surface area contributed by atoms with E-state index in [1.807, 2.05) is 19.2 Å². The Bertz CT molecular complexity index is 415. The van der Waals surface area contributed by atoms with Crippen molar-refractivity contribution in [1.82, 2.24) is 5.32 Å². The average molecular weight is 342 g/mol. The minimum Gasteiger partial charge on any atom is -0.317 e. The van der Waals surface area contributed by atoms with Gasteiger partial charge in [-0.25, -0.2) is 4.39 Å². The molecular formula is C17H25BrFN. The van der Waals surface area contributed by atoms with Gasteiger partial charge in [-0.05, 0) is 65.9 Å². The lowest BCUT2D eigenvalue weighted by atomic mass is 9.84. The Morgan fingerprint density at radius 1 is 1.30 bits per heavy atom. The largest absolute Gasteiger partial charge is 0.317 e. The monoisotopic (exact) mass is 341 g/mol. The van der Waals surface area contributed by atoms with Crippen LogP contribution in [0.5, 0.6) is 0 Å². The normalized spacial score (nSPS) is 18.1. The summed E-state index contributed by atoms with van der Waals surface area (Å²) in [6.45, 7) is 0. The zero-order chi connectivity index (χ0) is 14.4. The van der Waals surface area contributed by atoms with Gasteiger partial charge in [-0.3, -0.25) is 0 Å². The molecule has 3 heteroatoms. The van der Waals surface area contributed by atoms with Crippen LogP contribution in [0, 0.1) is 11.7 Å². The zero-order valence-corrected chi connectivity index (χ0v) is 13.9. The molecule has 1 unspecified atom stereocenters. The van der Waals surface area contributed by atoms with E-state index >= 15 is 0 Å². The van der Waals surface area contributed by atoms with Crippen LogP contribution in [0.25, 0.3) is 0 Å². The molecule has 1 nitrogen and oxygen atoms in total. The van der Waals surface area contributed by atoms with E-state index in [-0.39, 0.29) is 5.82 Å². The molecule has 1 aromatic carbocycles. The lowest BCUT2D eigenvalue weighted by Gasteiger charge is -2.24. The molecule has 112 valence electrons. The molecule has 1 saturated carbocycles. The summed E-state index contributed by atoms with van der Waals surface area (Å²) in [7, 11) is 2.03. The van der Waals surface area contributed by atoms with Crippen LogP contribution >= 0.6 is 15.9 Å². The molecule has 2 rings (SSSR count). The Balaban J connectivity index is 1.83. The van der Waals surface area contributed by atoms with Crippen molar-refractivity contribution in [2.45, 2.75) is 57.4 Å². The minimum atomic E-state index is -0.183. The third-order valence-corrected chi connectivity index (χ3v) is 5.13. The van der Waals surface area contributed by atoms with Crippen molar-refractivity contribution < 1.29 is 4.39 Å². The summed E-state index contributed by atoms with van der Waals surface area (Å²) in [5.41, 5.74) is 1.20. The third kappa shape index (κ3) is 4.85. The Morgan fingerprint density at radius 2 is 2.05 bits per heavy atom. The van der Waals surface area contributed by atoms with Crippen LogP contribution < -0.4 is 5.32 Å². The molecule has 0 radical (unpaired) electrons. The second-order valence-electron chi connectivity index (χ2n) is 6.02. The van der Waals surface area contributed by atoms with Crippen LogP contribution in [0.4, 0.5) is 4.39 Å². The highest BCUT2D eigenvalue weighted by Gasteiger charge is 2.16. The Kier molecular flexibility index (Phi) is 6.50. The number of hydrogen-bond acceptors (Lipinski definition) is 1. The molecular weight excluding hydrogens is 317 g/mol. The average Bonchev–Trinajstić information content (AvgIpc) is 2.48. The van der Waals surface area contributed by atoms with E-state index in [9.17, 15) is 4.39 Å². The first-order chi connectivity index (χ1) is 9.69. The molecule has 1 aliphatic rings. The number of benzene rings is 1. The Hall–Kier alpha value is -0.410. The second-order valence-corrected chi connectivity index (χ2v) is 6.87. The van der Waals surface area contributed by atoms with Gasteiger partial charge in [0.25, 0.3) is 0 Å². The molecule has 1 atom stereocenters. The van der Waals surface area contributed by atoms with Crippen molar-refractivity contribution in [2.24, 2.45) is 5.92 Å². The molecule has 0 spiro atoms. The number of rotatable bonds is 6. The summed E-state index contributed by atoms with van der Waals surface area (Å²) in [5.74, 6) is 0.747. The van der Waals surface area contributed by atoms with Crippen molar-refractivity contribution in [3.8, 4) is 0 Å². The highest BCUT2D eigenvalue weighted by molar-refractivity contribution is 9.10. The molecule has 0 bridgehead atoms. The predicted molar refractivity (Wildman–Crippen MR) is 86.5 cm³/mol. The molecule has 0 aliphatic heterocycles. The van der Waals surface area contributed by atoms with Gasteiger partial charge in [0.2, 0.25) is 0 Å². The highest BCUT2D eigenvalue weighted by atomic mass is 79.9. The fourth-order valence-corrected chi connectivity index (χ4v) is 3.64. The summed E-state index contributed by atoms with van der Waals surface area (Å²) >= 11 is 3.26. The van der Waals surface area contributed by atoms with Gasteiger partial charge in [0.05, 0.1) is 4.47 Å². The minimum absolute atomic E-state index is 0.183. The van der Waals surface area contributed by atoms with E-state index in [0.29, 0.717) is 10.5 Å². The first-order valence-electron chi connectivity index (χ1n) is 7.80. The lowest BCUT2D eigenvalue weighted by molar-refractivity contribution is 0.315. The van der Waals surface area contributed by atoms with Crippen LogP contribution in [0.3, 0.4) is 0 Å². The molecule has 0 aromatic heterocycles. The fourth-order valence-electron chi connectivity index (χ4n) is 3.21. The first-order valence-corrected chi connectivity index (χ1v) is 8.59. The van der Waals surface area contributed by atoms with Crippen LogP contribution in [0.15, 0.2) is 22.7 Å². The van der Waals surface area contributed by atoms with E-state index in [1.54, 1.807) is 6.07 Å². The lowest BCUT2D eigenvalue weighted by Crippen LogP contribution is -2.28. The van der Waals surface area contributed by atoms with Crippen LogP contribution in [-0.2, 0) is 6.42 Å². The summed E-state index contributed by atoms with van der Waals surface area (Å²) in [6.07, 6.45) is 10.6. The number of likely N-dealkylation sites (N-methyl/N-ethyl adjacent to an activating group) is 1. The van der Waals surface area contributed by atoms with E-state index in [0.717, 1.165) is 12.3 Å². The van der Waals surface area contributed by atoms with Crippen molar-refractivity contribution in [3.05, 3.63) is 34.1 Å². The molecule has 1 N–H and O–H groups in total. The Labute approximate surface area is 130 Å². The van der Waals surface area contributed by atoms with Gasteiger partial charge < -0.3 is 5.32 Å². The molecule has 20 heavy (non-hydrogen) atoms. The van der Waals surface area contributed by atoms with Crippen molar-refractivity contribution in [1.29, 1.82) is 0 Å². The smallest absolute Gasteiger partial charge is 0.137 e. The van der Waals surface area contributed by atoms with E-state index in [1.165, 1.54) is 50.5 Å². The van der Waals surface area contributed by atoms with Crippen LogP contribution in [0.1, 0.15) is 50.5 Å². The van der Waals surface area contributed by atoms with E-state index in [4.69, 9.17) is 0 Å². The maximum Gasteiger partial charge on any atom is 0.137 e. The highest BCUT2D eigenvalue weighted by Crippen LogP contribution is 2.28.